The summed E-state index contributed by atoms with van der Waals surface area (Å²) in [7, 11) is 0. The maximum Gasteiger partial charge on any atom is 0.307 e. The Kier molecular flexibility index (Phi) is 16.7. The van der Waals surface area contributed by atoms with E-state index in [9.17, 15) is 24.6 Å². The van der Waals surface area contributed by atoms with Gasteiger partial charge in [-0.15, -0.1) is 0 Å². The molecule has 0 bridgehead atoms. The number of unbranched alkanes of at least 4 members (excludes halogenated alkanes) is 9. The summed E-state index contributed by atoms with van der Waals surface area (Å²) >= 11 is 0. The molecule has 6 heteroatoms. The third kappa shape index (κ3) is 10.2. The molecule has 0 aliphatic heterocycles. The molecule has 0 aromatic carbocycles. The molecule has 0 fully saturated rings. The van der Waals surface area contributed by atoms with Gasteiger partial charge in [-0.3, -0.25) is 14.4 Å². The van der Waals surface area contributed by atoms with Gasteiger partial charge < -0.3 is 14.9 Å². The molecule has 0 saturated heterocycles. The van der Waals surface area contributed by atoms with Gasteiger partial charge in [0, 0.05) is 19.3 Å². The first-order valence-electron chi connectivity index (χ1n) is 12.0. The van der Waals surface area contributed by atoms with E-state index in [1.807, 2.05) is 0 Å². The van der Waals surface area contributed by atoms with E-state index in [1.54, 1.807) is 0 Å². The lowest BCUT2D eigenvalue weighted by Crippen LogP contribution is -2.60. The standard InChI is InChI=1S/C24H44O6/c1-4-7-10-13-16-20(26)24(22(28)19-25,21(27)17-14-11-8-5-2)30-23(29)18-15-12-9-6-3/h22,25,28H,4-19H2,1-3H3. The van der Waals surface area contributed by atoms with Crippen molar-refractivity contribution in [2.75, 3.05) is 6.61 Å². The fourth-order valence-electron chi connectivity index (χ4n) is 3.56. The van der Waals surface area contributed by atoms with Gasteiger partial charge in [0.2, 0.25) is 0 Å². The summed E-state index contributed by atoms with van der Waals surface area (Å²) < 4.78 is 5.46. The second kappa shape index (κ2) is 17.4. The molecule has 176 valence electrons. The van der Waals surface area contributed by atoms with Crippen LogP contribution in [-0.2, 0) is 19.1 Å². The molecular weight excluding hydrogens is 384 g/mol. The molecule has 0 aliphatic carbocycles. The van der Waals surface area contributed by atoms with Gasteiger partial charge in [0.05, 0.1) is 6.61 Å². The van der Waals surface area contributed by atoms with Crippen LogP contribution in [0.1, 0.15) is 117 Å². The van der Waals surface area contributed by atoms with Crippen LogP contribution in [0.5, 0.6) is 0 Å². The van der Waals surface area contributed by atoms with Crippen LogP contribution in [0.25, 0.3) is 0 Å². The van der Waals surface area contributed by atoms with Gasteiger partial charge in [-0.05, 0) is 19.3 Å². The third-order valence-electron chi connectivity index (χ3n) is 5.49. The van der Waals surface area contributed by atoms with E-state index in [0.717, 1.165) is 57.8 Å². The summed E-state index contributed by atoms with van der Waals surface area (Å²) in [5.74, 6) is -1.85. The Morgan fingerprint density at radius 1 is 0.700 bits per heavy atom. The smallest absolute Gasteiger partial charge is 0.307 e. The number of Topliss-reactive ketones (excluding diaryl/α,β-unsaturated/α-hetero) is 2. The van der Waals surface area contributed by atoms with E-state index in [0.29, 0.717) is 19.3 Å². The number of carbonyl (C=O) groups is 3. The highest BCUT2D eigenvalue weighted by Gasteiger charge is 2.53. The van der Waals surface area contributed by atoms with Crippen molar-refractivity contribution < 1.29 is 29.3 Å². The molecule has 1 atom stereocenters. The van der Waals surface area contributed by atoms with Crippen molar-refractivity contribution in [3.63, 3.8) is 0 Å². The van der Waals surface area contributed by atoms with Gasteiger partial charge in [0.1, 0.15) is 6.10 Å². The van der Waals surface area contributed by atoms with E-state index >= 15 is 0 Å². The van der Waals surface area contributed by atoms with Gasteiger partial charge in [-0.25, -0.2) is 0 Å². The maximum absolute atomic E-state index is 13.1. The number of ketones is 2. The van der Waals surface area contributed by atoms with Gasteiger partial charge in [-0.2, -0.15) is 0 Å². The van der Waals surface area contributed by atoms with Crippen molar-refractivity contribution in [1.29, 1.82) is 0 Å². The number of aliphatic hydroxyl groups excluding tert-OH is 2. The lowest BCUT2D eigenvalue weighted by molar-refractivity contribution is -0.188. The predicted octanol–water partition coefficient (Wildman–Crippen LogP) is 4.67. The number of esters is 1. The average molecular weight is 429 g/mol. The lowest BCUT2D eigenvalue weighted by atomic mass is 9.82. The van der Waals surface area contributed by atoms with Gasteiger partial charge in [0.15, 0.2) is 11.6 Å². The molecule has 6 nitrogen and oxygen atoms in total. The number of hydrogen-bond acceptors (Lipinski definition) is 6. The monoisotopic (exact) mass is 428 g/mol. The highest BCUT2D eigenvalue weighted by atomic mass is 16.6. The van der Waals surface area contributed by atoms with E-state index in [4.69, 9.17) is 4.74 Å². The van der Waals surface area contributed by atoms with Crippen LogP contribution in [0.3, 0.4) is 0 Å². The normalized spacial score (nSPS) is 12.6. The minimum absolute atomic E-state index is 0.0425. The molecule has 0 heterocycles. The zero-order valence-corrected chi connectivity index (χ0v) is 19.4. The van der Waals surface area contributed by atoms with Crippen molar-refractivity contribution >= 4 is 17.5 Å². The van der Waals surface area contributed by atoms with E-state index in [1.165, 1.54) is 0 Å². The SMILES string of the molecule is CCCCCCC(=O)OC(C(=O)CCCCCC)(C(=O)CCCCCC)C(O)CO. The van der Waals surface area contributed by atoms with E-state index in [-0.39, 0.29) is 19.3 Å². The second-order valence-corrected chi connectivity index (χ2v) is 8.19. The topological polar surface area (TPSA) is 101 Å². The highest BCUT2D eigenvalue weighted by Crippen LogP contribution is 2.27. The highest BCUT2D eigenvalue weighted by molar-refractivity contribution is 6.12. The van der Waals surface area contributed by atoms with Crippen LogP contribution in [0.2, 0.25) is 0 Å². The van der Waals surface area contributed by atoms with Gasteiger partial charge in [0.25, 0.3) is 5.60 Å². The van der Waals surface area contributed by atoms with Crippen LogP contribution < -0.4 is 0 Å². The predicted molar refractivity (Wildman–Crippen MR) is 118 cm³/mol. The molecule has 0 spiro atoms. The largest absolute Gasteiger partial charge is 0.440 e. The molecule has 0 aromatic rings. The van der Waals surface area contributed by atoms with Crippen LogP contribution in [0, 0.1) is 0 Å². The first-order valence-corrected chi connectivity index (χ1v) is 12.0. The molecule has 0 aromatic heterocycles. The fraction of sp³-hybridized carbons (Fsp3) is 0.875. The zero-order valence-electron chi connectivity index (χ0n) is 19.4. The molecule has 2 N–H and O–H groups in total. The Hall–Kier alpha value is -1.27. The molecule has 0 saturated carbocycles. The minimum atomic E-state index is -2.28. The lowest BCUT2D eigenvalue weighted by Gasteiger charge is -2.34. The molecular formula is C24H44O6. The molecule has 0 amide bonds. The summed E-state index contributed by atoms with van der Waals surface area (Å²) in [6, 6.07) is 0. The molecule has 30 heavy (non-hydrogen) atoms. The van der Waals surface area contributed by atoms with Crippen LogP contribution in [-0.4, -0.2) is 46.1 Å². The second-order valence-electron chi connectivity index (χ2n) is 8.19. The summed E-state index contributed by atoms with van der Waals surface area (Å²) in [6.45, 7) is 5.36. The van der Waals surface area contributed by atoms with Crippen molar-refractivity contribution in [3.8, 4) is 0 Å². The van der Waals surface area contributed by atoms with Crippen molar-refractivity contribution in [2.24, 2.45) is 0 Å². The zero-order chi connectivity index (χ0) is 22.8. The Morgan fingerprint density at radius 3 is 1.47 bits per heavy atom. The maximum atomic E-state index is 13.1. The average Bonchev–Trinajstić information content (AvgIpc) is 2.74. The molecule has 0 radical (unpaired) electrons. The first kappa shape index (κ1) is 28.7. The van der Waals surface area contributed by atoms with Crippen molar-refractivity contribution in [3.05, 3.63) is 0 Å². The Bertz CT molecular complexity index is 464. The number of aliphatic hydroxyl groups is 2. The van der Waals surface area contributed by atoms with E-state index < -0.39 is 35.8 Å². The summed E-state index contributed by atoms with van der Waals surface area (Å²) in [4.78, 5) is 38.7. The first-order chi connectivity index (χ1) is 14.4. The van der Waals surface area contributed by atoms with E-state index in [2.05, 4.69) is 20.8 Å². The van der Waals surface area contributed by atoms with Crippen LogP contribution >= 0.6 is 0 Å². The van der Waals surface area contributed by atoms with Gasteiger partial charge in [-0.1, -0.05) is 78.6 Å². The number of hydrogen-bond donors (Lipinski definition) is 2. The Morgan fingerprint density at radius 2 is 1.10 bits per heavy atom. The number of ether oxygens (including phenoxy) is 1. The fourth-order valence-corrected chi connectivity index (χ4v) is 3.56. The molecule has 1 unspecified atom stereocenters. The minimum Gasteiger partial charge on any atom is -0.440 e. The quantitative estimate of drug-likeness (QED) is 0.166. The summed E-state index contributed by atoms with van der Waals surface area (Å²) in [5, 5.41) is 20.1. The Balaban J connectivity index is 5.45. The third-order valence-corrected chi connectivity index (χ3v) is 5.49. The van der Waals surface area contributed by atoms with Crippen LogP contribution in [0.15, 0.2) is 0 Å². The molecule has 0 rings (SSSR count). The van der Waals surface area contributed by atoms with Crippen LogP contribution in [0.4, 0.5) is 0 Å². The summed E-state index contributed by atoms with van der Waals surface area (Å²) in [6.07, 6.45) is 8.60. The number of rotatable bonds is 20. The Labute approximate surface area is 182 Å². The summed E-state index contributed by atoms with van der Waals surface area (Å²) in [5.41, 5.74) is -2.28. The molecule has 0 aliphatic rings. The number of carbonyl (C=O) groups excluding carboxylic acids is 3. The van der Waals surface area contributed by atoms with Crippen molar-refractivity contribution in [1.82, 2.24) is 0 Å². The van der Waals surface area contributed by atoms with Gasteiger partial charge >= 0.3 is 5.97 Å². The van der Waals surface area contributed by atoms with Crippen molar-refractivity contribution in [2.45, 2.75) is 129 Å².